The number of aromatic nitrogens is 2. The summed E-state index contributed by atoms with van der Waals surface area (Å²) in [5, 5.41) is 13.8. The number of rotatable bonds is 7. The Kier molecular flexibility index (Phi) is 6.29. The van der Waals surface area contributed by atoms with Gasteiger partial charge in [-0.2, -0.15) is 4.98 Å². The van der Waals surface area contributed by atoms with E-state index in [4.69, 9.17) is 20.9 Å². The quantitative estimate of drug-likeness (QED) is 0.363. The van der Waals surface area contributed by atoms with Gasteiger partial charge in [-0.15, -0.1) is 0 Å². The molecule has 7 nitrogen and oxygen atoms in total. The Bertz CT molecular complexity index is 1290. The van der Waals surface area contributed by atoms with Crippen LogP contribution in [0.2, 0.25) is 5.02 Å². The second kappa shape index (κ2) is 9.67. The lowest BCUT2D eigenvalue weighted by molar-refractivity contribution is -0.141. The number of ether oxygens (including phenoxy) is 1. The highest BCUT2D eigenvalue weighted by Crippen LogP contribution is 2.31. The van der Waals surface area contributed by atoms with E-state index in [9.17, 15) is 9.90 Å². The van der Waals surface area contributed by atoms with Crippen molar-refractivity contribution >= 4 is 17.6 Å². The van der Waals surface area contributed by atoms with Crippen molar-refractivity contribution in [3.63, 3.8) is 0 Å². The topological polar surface area (TPSA) is 88.7 Å². The van der Waals surface area contributed by atoms with Gasteiger partial charge in [0, 0.05) is 24.2 Å². The van der Waals surface area contributed by atoms with E-state index in [1.165, 1.54) is 0 Å². The van der Waals surface area contributed by atoms with Gasteiger partial charge in [-0.05, 0) is 67.1 Å². The van der Waals surface area contributed by atoms with Crippen molar-refractivity contribution in [2.24, 2.45) is 5.92 Å². The van der Waals surface area contributed by atoms with E-state index in [1.54, 1.807) is 0 Å². The molecular weight excluding hydrogens is 454 g/mol. The van der Waals surface area contributed by atoms with Crippen LogP contribution >= 0.6 is 11.6 Å². The summed E-state index contributed by atoms with van der Waals surface area (Å²) in [5.41, 5.74) is 2.46. The number of likely N-dealkylation sites (tertiary alicyclic amines) is 1. The van der Waals surface area contributed by atoms with Gasteiger partial charge in [0.2, 0.25) is 5.82 Å². The number of carbonyl (C=O) groups is 1. The molecule has 0 aliphatic carbocycles. The molecule has 1 aliphatic heterocycles. The molecule has 172 valence electrons. The smallest absolute Gasteiger partial charge is 0.307 e. The Morgan fingerprint density at radius 3 is 2.56 bits per heavy atom. The average molecular weight is 476 g/mol. The molecule has 3 aromatic carbocycles. The Balaban J connectivity index is 1.26. The van der Waals surface area contributed by atoms with E-state index in [-0.39, 0.29) is 5.92 Å². The maximum Gasteiger partial charge on any atom is 0.307 e. The van der Waals surface area contributed by atoms with Crippen LogP contribution in [0.15, 0.2) is 77.3 Å². The molecule has 1 N–H and O–H groups in total. The monoisotopic (exact) mass is 475 g/mol. The molecule has 1 saturated heterocycles. The second-order valence-corrected chi connectivity index (χ2v) is 8.64. The Morgan fingerprint density at radius 1 is 1.09 bits per heavy atom. The van der Waals surface area contributed by atoms with Crippen LogP contribution in [0.4, 0.5) is 0 Å². The van der Waals surface area contributed by atoms with Crippen LogP contribution in [-0.4, -0.2) is 39.2 Å². The van der Waals surface area contributed by atoms with Gasteiger partial charge in [-0.25, -0.2) is 0 Å². The molecule has 4 aromatic rings. The number of carboxylic acids is 1. The largest absolute Gasteiger partial charge is 0.481 e. The van der Waals surface area contributed by atoms with E-state index < -0.39 is 5.97 Å². The maximum absolute atomic E-state index is 11.2. The van der Waals surface area contributed by atoms with E-state index in [0.717, 1.165) is 23.4 Å². The fraction of sp³-hybridized carbons (Fsp3) is 0.192. The minimum absolute atomic E-state index is 0.300. The van der Waals surface area contributed by atoms with Gasteiger partial charge in [0.15, 0.2) is 0 Å². The number of hydrogen-bond donors (Lipinski definition) is 1. The van der Waals surface area contributed by atoms with E-state index in [1.807, 2.05) is 72.8 Å². The summed E-state index contributed by atoms with van der Waals surface area (Å²) in [6.07, 6.45) is 0.673. The van der Waals surface area contributed by atoms with E-state index in [2.05, 4.69) is 15.0 Å². The minimum atomic E-state index is -0.734. The Morgan fingerprint density at radius 2 is 1.85 bits per heavy atom. The third-order valence-corrected chi connectivity index (χ3v) is 6.12. The molecule has 1 fully saturated rings. The zero-order valence-corrected chi connectivity index (χ0v) is 19.0. The van der Waals surface area contributed by atoms with Crippen molar-refractivity contribution in [3.05, 3.63) is 83.4 Å². The van der Waals surface area contributed by atoms with Gasteiger partial charge >= 0.3 is 5.97 Å². The molecule has 2 heterocycles. The van der Waals surface area contributed by atoms with Crippen LogP contribution in [0.3, 0.4) is 0 Å². The SMILES string of the molecule is O=C(O)C1CCN(Cc2ccc(-c3noc(-c4ccc(Oc5ccccc5)cc4)n3)c(Cl)c2)C1. The van der Waals surface area contributed by atoms with Gasteiger partial charge in [-0.1, -0.05) is 41.0 Å². The molecule has 0 amide bonds. The number of nitrogens with zero attached hydrogens (tertiary/aromatic N) is 3. The molecule has 0 spiro atoms. The first kappa shape index (κ1) is 22.1. The number of aliphatic carboxylic acids is 1. The number of benzene rings is 3. The van der Waals surface area contributed by atoms with Crippen molar-refractivity contribution in [1.82, 2.24) is 15.0 Å². The van der Waals surface area contributed by atoms with Crippen molar-refractivity contribution < 1.29 is 19.2 Å². The Hall–Kier alpha value is -3.68. The molecule has 5 rings (SSSR count). The molecule has 34 heavy (non-hydrogen) atoms. The van der Waals surface area contributed by atoms with Crippen LogP contribution < -0.4 is 4.74 Å². The fourth-order valence-electron chi connectivity index (χ4n) is 4.01. The normalized spacial score (nSPS) is 16.0. The Labute approximate surface area is 201 Å². The van der Waals surface area contributed by atoms with E-state index in [0.29, 0.717) is 47.6 Å². The number of para-hydroxylation sites is 1. The predicted octanol–water partition coefficient (Wildman–Crippen LogP) is 5.76. The highest BCUT2D eigenvalue weighted by molar-refractivity contribution is 6.33. The predicted molar refractivity (Wildman–Crippen MR) is 128 cm³/mol. The lowest BCUT2D eigenvalue weighted by Gasteiger charge is -2.15. The summed E-state index contributed by atoms with van der Waals surface area (Å²) in [5.74, 6) is 1.23. The number of hydrogen-bond acceptors (Lipinski definition) is 6. The molecule has 1 aliphatic rings. The van der Waals surface area contributed by atoms with Gasteiger partial charge in [-0.3, -0.25) is 9.69 Å². The molecule has 8 heteroatoms. The van der Waals surface area contributed by atoms with Crippen molar-refractivity contribution in [3.8, 4) is 34.3 Å². The van der Waals surface area contributed by atoms with Crippen LogP contribution in [0, 0.1) is 5.92 Å². The number of carboxylic acid groups (broad SMARTS) is 1. The fourth-order valence-corrected chi connectivity index (χ4v) is 4.30. The average Bonchev–Trinajstić information content (AvgIpc) is 3.51. The van der Waals surface area contributed by atoms with Crippen LogP contribution in [0.1, 0.15) is 12.0 Å². The third kappa shape index (κ3) is 4.95. The number of halogens is 1. The molecule has 0 radical (unpaired) electrons. The minimum Gasteiger partial charge on any atom is -0.481 e. The van der Waals surface area contributed by atoms with Crippen LogP contribution in [0.25, 0.3) is 22.8 Å². The molecule has 1 atom stereocenters. The lowest BCUT2D eigenvalue weighted by atomic mass is 10.1. The molecule has 1 unspecified atom stereocenters. The molecule has 0 saturated carbocycles. The highest BCUT2D eigenvalue weighted by atomic mass is 35.5. The van der Waals surface area contributed by atoms with Gasteiger partial charge in [0.25, 0.3) is 5.89 Å². The summed E-state index contributed by atoms with van der Waals surface area (Å²) >= 11 is 6.53. The standard InChI is InChI=1S/C26H22ClN3O4/c27-23-14-17(15-30-13-12-19(16-30)26(31)32)6-11-22(23)24-28-25(34-29-24)18-7-9-21(10-8-18)33-20-4-2-1-3-5-20/h1-11,14,19H,12-13,15-16H2,(H,31,32). The summed E-state index contributed by atoms with van der Waals surface area (Å²) in [6, 6.07) is 22.7. The first-order valence-corrected chi connectivity index (χ1v) is 11.3. The van der Waals surface area contributed by atoms with Gasteiger partial charge in [0.1, 0.15) is 11.5 Å². The first-order chi connectivity index (χ1) is 16.5. The van der Waals surface area contributed by atoms with E-state index >= 15 is 0 Å². The second-order valence-electron chi connectivity index (χ2n) is 8.24. The van der Waals surface area contributed by atoms with Crippen LogP contribution in [0.5, 0.6) is 11.5 Å². The van der Waals surface area contributed by atoms with Crippen molar-refractivity contribution in [2.45, 2.75) is 13.0 Å². The zero-order chi connectivity index (χ0) is 23.5. The van der Waals surface area contributed by atoms with Crippen molar-refractivity contribution in [1.29, 1.82) is 0 Å². The highest BCUT2D eigenvalue weighted by Gasteiger charge is 2.28. The van der Waals surface area contributed by atoms with Crippen molar-refractivity contribution in [2.75, 3.05) is 13.1 Å². The maximum atomic E-state index is 11.2. The summed E-state index contributed by atoms with van der Waals surface area (Å²) in [6.45, 7) is 1.97. The molecule has 1 aromatic heterocycles. The molecule has 0 bridgehead atoms. The summed E-state index contributed by atoms with van der Waals surface area (Å²) in [4.78, 5) is 17.8. The first-order valence-electron chi connectivity index (χ1n) is 11.0. The molecular formula is C26H22ClN3O4. The third-order valence-electron chi connectivity index (χ3n) is 5.81. The summed E-state index contributed by atoms with van der Waals surface area (Å²) < 4.78 is 11.3. The van der Waals surface area contributed by atoms with Gasteiger partial charge < -0.3 is 14.4 Å². The van der Waals surface area contributed by atoms with Gasteiger partial charge in [0.05, 0.1) is 10.9 Å². The zero-order valence-electron chi connectivity index (χ0n) is 18.2. The summed E-state index contributed by atoms with van der Waals surface area (Å²) in [7, 11) is 0. The van der Waals surface area contributed by atoms with Crippen LogP contribution in [-0.2, 0) is 11.3 Å². The lowest BCUT2D eigenvalue weighted by Crippen LogP contribution is -2.22.